The Labute approximate surface area is 86.2 Å². The van der Waals surface area contributed by atoms with Crippen molar-refractivity contribution in [2.75, 3.05) is 0 Å². The van der Waals surface area contributed by atoms with Crippen molar-refractivity contribution >= 4 is 0 Å². The molecular formula is C12H19NO. The zero-order valence-corrected chi connectivity index (χ0v) is 9.08. The summed E-state index contributed by atoms with van der Waals surface area (Å²) in [5.41, 5.74) is -1.10. The highest BCUT2D eigenvalue weighted by Gasteiger charge is 2.47. The second-order valence-corrected chi connectivity index (χ2v) is 4.69. The van der Waals surface area contributed by atoms with Crippen LogP contribution < -0.4 is 0 Å². The molecule has 0 amide bonds. The van der Waals surface area contributed by atoms with Gasteiger partial charge in [-0.25, -0.2) is 0 Å². The first-order chi connectivity index (χ1) is 6.48. The summed E-state index contributed by atoms with van der Waals surface area (Å²) in [6, 6.07) is 2.39. The Morgan fingerprint density at radius 2 is 2.29 bits per heavy atom. The Hall–Kier alpha value is -0.810. The molecule has 1 aliphatic carbocycles. The van der Waals surface area contributed by atoms with Gasteiger partial charge in [0.2, 0.25) is 0 Å². The maximum absolute atomic E-state index is 10.2. The van der Waals surface area contributed by atoms with Crippen LogP contribution >= 0.6 is 0 Å². The smallest absolute Gasteiger partial charge is 0.0696 e. The lowest BCUT2D eigenvalue weighted by Crippen LogP contribution is -2.47. The molecule has 0 aromatic rings. The van der Waals surface area contributed by atoms with Gasteiger partial charge in [0.1, 0.15) is 0 Å². The van der Waals surface area contributed by atoms with Gasteiger partial charge in [-0.3, -0.25) is 0 Å². The normalized spacial score (nSPS) is 42.9. The second-order valence-electron chi connectivity index (χ2n) is 4.69. The van der Waals surface area contributed by atoms with Crippen LogP contribution in [0.1, 0.15) is 39.5 Å². The quantitative estimate of drug-likeness (QED) is 0.685. The fourth-order valence-electron chi connectivity index (χ4n) is 2.52. The number of hydrogen-bond donors (Lipinski definition) is 1. The van der Waals surface area contributed by atoms with Gasteiger partial charge in [-0.05, 0) is 32.6 Å². The molecule has 1 fully saturated rings. The van der Waals surface area contributed by atoms with Gasteiger partial charge in [-0.2, -0.15) is 5.26 Å². The molecule has 3 atom stereocenters. The first-order valence-corrected chi connectivity index (χ1v) is 5.23. The van der Waals surface area contributed by atoms with Crippen molar-refractivity contribution in [2.24, 2.45) is 11.3 Å². The van der Waals surface area contributed by atoms with Gasteiger partial charge in [-0.15, -0.1) is 6.58 Å². The van der Waals surface area contributed by atoms with Crippen LogP contribution in [0.4, 0.5) is 0 Å². The van der Waals surface area contributed by atoms with Gasteiger partial charge in [0, 0.05) is 5.92 Å². The average Bonchev–Trinajstić information content (AvgIpc) is 2.13. The summed E-state index contributed by atoms with van der Waals surface area (Å²) < 4.78 is 0. The van der Waals surface area contributed by atoms with E-state index < -0.39 is 11.0 Å². The fraction of sp³-hybridized carbons (Fsp3) is 0.750. The number of hydrogen-bond acceptors (Lipinski definition) is 2. The van der Waals surface area contributed by atoms with Crippen molar-refractivity contribution in [3.63, 3.8) is 0 Å². The standard InChI is InChI=1S/C12H19NO/c1-4-6-12(9-13)8-5-7-11(3,14)10(12)2/h4,10,14H,1,5-8H2,2-3H3/t10-,11-,12-/m0/s1. The molecule has 2 nitrogen and oxygen atoms in total. The Balaban J connectivity index is 2.96. The third-order valence-electron chi connectivity index (χ3n) is 3.80. The average molecular weight is 193 g/mol. The van der Waals surface area contributed by atoms with Crippen LogP contribution in [-0.4, -0.2) is 10.7 Å². The summed E-state index contributed by atoms with van der Waals surface area (Å²) in [6.07, 6.45) is 5.09. The van der Waals surface area contributed by atoms with Crippen molar-refractivity contribution in [1.82, 2.24) is 0 Å². The highest BCUT2D eigenvalue weighted by atomic mass is 16.3. The van der Waals surface area contributed by atoms with E-state index >= 15 is 0 Å². The number of allylic oxidation sites excluding steroid dienone is 1. The molecule has 2 heteroatoms. The molecule has 0 radical (unpaired) electrons. The van der Waals surface area contributed by atoms with Crippen molar-refractivity contribution in [3.8, 4) is 6.07 Å². The van der Waals surface area contributed by atoms with Crippen LogP contribution in [0.15, 0.2) is 12.7 Å². The molecule has 0 aromatic carbocycles. The molecule has 0 spiro atoms. The fourth-order valence-corrected chi connectivity index (χ4v) is 2.52. The Bertz CT molecular complexity index is 264. The molecular weight excluding hydrogens is 174 g/mol. The third-order valence-corrected chi connectivity index (χ3v) is 3.80. The van der Waals surface area contributed by atoms with Crippen LogP contribution in [0.5, 0.6) is 0 Å². The number of aliphatic hydroxyl groups is 1. The zero-order chi connectivity index (χ0) is 10.8. The highest BCUT2D eigenvalue weighted by molar-refractivity contribution is 5.11. The Morgan fingerprint density at radius 1 is 1.64 bits per heavy atom. The number of rotatable bonds is 2. The third kappa shape index (κ3) is 1.69. The summed E-state index contributed by atoms with van der Waals surface area (Å²) in [7, 11) is 0. The zero-order valence-electron chi connectivity index (χ0n) is 9.08. The minimum absolute atomic E-state index is 0.0201. The van der Waals surface area contributed by atoms with E-state index in [0.29, 0.717) is 6.42 Å². The second kappa shape index (κ2) is 3.74. The SMILES string of the molecule is C=CC[C@@]1(C#N)CCC[C@](C)(O)[C@@H]1C. The van der Waals surface area contributed by atoms with E-state index in [1.165, 1.54) is 0 Å². The van der Waals surface area contributed by atoms with Crippen LogP contribution in [0.2, 0.25) is 0 Å². The highest BCUT2D eigenvalue weighted by Crippen LogP contribution is 2.48. The van der Waals surface area contributed by atoms with Crippen LogP contribution in [0.25, 0.3) is 0 Å². The maximum Gasteiger partial charge on any atom is 0.0696 e. The predicted molar refractivity (Wildman–Crippen MR) is 56.5 cm³/mol. The monoisotopic (exact) mass is 193 g/mol. The van der Waals surface area contributed by atoms with Gasteiger partial charge < -0.3 is 5.11 Å². The summed E-state index contributed by atoms with van der Waals surface area (Å²) in [6.45, 7) is 7.51. The number of nitriles is 1. The van der Waals surface area contributed by atoms with Crippen molar-refractivity contribution in [3.05, 3.63) is 12.7 Å². The van der Waals surface area contributed by atoms with E-state index in [1.54, 1.807) is 6.08 Å². The van der Waals surface area contributed by atoms with E-state index in [1.807, 2.05) is 13.8 Å². The van der Waals surface area contributed by atoms with Gasteiger partial charge in [-0.1, -0.05) is 13.0 Å². The molecule has 0 saturated heterocycles. The lowest BCUT2D eigenvalue weighted by molar-refractivity contribution is -0.0722. The molecule has 0 aliphatic heterocycles. The largest absolute Gasteiger partial charge is 0.390 e. The van der Waals surface area contributed by atoms with Crippen LogP contribution in [0.3, 0.4) is 0 Å². The number of nitrogens with zero attached hydrogens (tertiary/aromatic N) is 1. The molecule has 0 bridgehead atoms. The molecule has 14 heavy (non-hydrogen) atoms. The van der Waals surface area contributed by atoms with Crippen molar-refractivity contribution < 1.29 is 5.11 Å². The van der Waals surface area contributed by atoms with E-state index in [2.05, 4.69) is 12.6 Å². The van der Waals surface area contributed by atoms with E-state index in [4.69, 9.17) is 0 Å². The lowest BCUT2D eigenvalue weighted by Gasteiger charge is -2.45. The molecule has 78 valence electrons. The molecule has 0 aromatic heterocycles. The van der Waals surface area contributed by atoms with Gasteiger partial charge in [0.25, 0.3) is 0 Å². The van der Waals surface area contributed by atoms with Crippen LogP contribution in [0, 0.1) is 22.7 Å². The van der Waals surface area contributed by atoms with Crippen molar-refractivity contribution in [1.29, 1.82) is 5.26 Å². The van der Waals surface area contributed by atoms with Gasteiger partial charge in [0.15, 0.2) is 0 Å². The summed E-state index contributed by atoms with van der Waals surface area (Å²) in [5.74, 6) is 0.0201. The van der Waals surface area contributed by atoms with Crippen molar-refractivity contribution in [2.45, 2.75) is 45.1 Å². The summed E-state index contributed by atoms with van der Waals surface area (Å²) in [5, 5.41) is 19.4. The summed E-state index contributed by atoms with van der Waals surface area (Å²) in [4.78, 5) is 0. The topological polar surface area (TPSA) is 44.0 Å². The lowest BCUT2D eigenvalue weighted by atomic mass is 9.60. The molecule has 1 saturated carbocycles. The van der Waals surface area contributed by atoms with Gasteiger partial charge >= 0.3 is 0 Å². The maximum atomic E-state index is 10.2. The molecule has 1 rings (SSSR count). The minimum atomic E-state index is -0.697. The Kier molecular flexibility index (Phi) is 3.01. The molecule has 0 heterocycles. The first-order valence-electron chi connectivity index (χ1n) is 5.23. The molecule has 1 N–H and O–H groups in total. The Morgan fingerprint density at radius 3 is 2.79 bits per heavy atom. The van der Waals surface area contributed by atoms with E-state index in [0.717, 1.165) is 19.3 Å². The minimum Gasteiger partial charge on any atom is -0.390 e. The van der Waals surface area contributed by atoms with Gasteiger partial charge in [0.05, 0.1) is 17.1 Å². The first kappa shape index (κ1) is 11.3. The van der Waals surface area contributed by atoms with Crippen LogP contribution in [-0.2, 0) is 0 Å². The molecule has 1 aliphatic rings. The summed E-state index contributed by atoms with van der Waals surface area (Å²) >= 11 is 0. The predicted octanol–water partition coefficient (Wildman–Crippen LogP) is 2.64. The van der Waals surface area contributed by atoms with E-state index in [9.17, 15) is 10.4 Å². The van der Waals surface area contributed by atoms with E-state index in [-0.39, 0.29) is 5.92 Å². The molecule has 0 unspecified atom stereocenters.